The van der Waals surface area contributed by atoms with Crippen molar-refractivity contribution in [3.8, 4) is 0 Å². The lowest BCUT2D eigenvalue weighted by atomic mass is 9.60. The number of hydrogen-bond donors (Lipinski definition) is 1. The molecule has 4 unspecified atom stereocenters. The van der Waals surface area contributed by atoms with Crippen molar-refractivity contribution in [2.24, 2.45) is 23.2 Å². The lowest BCUT2D eigenvalue weighted by Gasteiger charge is -2.43. The first-order valence-electron chi connectivity index (χ1n) is 8.88. The second-order valence-electron chi connectivity index (χ2n) is 7.76. The summed E-state index contributed by atoms with van der Waals surface area (Å²) in [5.74, 6) is 1.19. The van der Waals surface area contributed by atoms with E-state index in [2.05, 4.69) is 19.9 Å². The molecule has 1 spiro atoms. The molecule has 0 aromatic carbocycles. The van der Waals surface area contributed by atoms with Gasteiger partial charge in [0.25, 0.3) is 0 Å². The summed E-state index contributed by atoms with van der Waals surface area (Å²) < 4.78 is 0. The van der Waals surface area contributed by atoms with E-state index in [0.29, 0.717) is 35.5 Å². The lowest BCUT2D eigenvalue weighted by Crippen LogP contribution is -2.38. The number of Topliss-reactive ketones (excluding diaryl/α,β-unsaturated/α-hetero) is 1. The van der Waals surface area contributed by atoms with Gasteiger partial charge in [-0.1, -0.05) is 26.0 Å². The minimum Gasteiger partial charge on any atom is -0.478 e. The van der Waals surface area contributed by atoms with Crippen molar-refractivity contribution in [1.29, 1.82) is 0 Å². The maximum atomic E-state index is 12.3. The normalized spacial score (nSPS) is 33.0. The number of carbonyl (C=O) groups is 2. The van der Waals surface area contributed by atoms with Crippen LogP contribution in [-0.4, -0.2) is 16.9 Å². The van der Waals surface area contributed by atoms with Gasteiger partial charge in [-0.2, -0.15) is 0 Å². The molecule has 3 nitrogen and oxygen atoms in total. The summed E-state index contributed by atoms with van der Waals surface area (Å²) in [6.07, 6.45) is 9.94. The molecular formula is C20H30O3. The van der Waals surface area contributed by atoms with Crippen LogP contribution < -0.4 is 0 Å². The standard InChI is InChI=1S/C20H30O3/c1-13(6-5-7-15(3)19(22)23)17-9-8-16(4)20(17)11-10-14(2)18(21)12-20/h7,10,13,16-17H,5-6,8-9,11-12H2,1-4H3,(H,22,23). The van der Waals surface area contributed by atoms with E-state index in [4.69, 9.17) is 5.11 Å². The van der Waals surface area contributed by atoms with Gasteiger partial charge in [0.1, 0.15) is 0 Å². The molecule has 0 radical (unpaired) electrons. The number of aliphatic carboxylic acids is 1. The van der Waals surface area contributed by atoms with Gasteiger partial charge in [-0.25, -0.2) is 4.79 Å². The molecule has 23 heavy (non-hydrogen) atoms. The summed E-state index contributed by atoms with van der Waals surface area (Å²) in [5, 5.41) is 8.93. The second-order valence-corrected chi connectivity index (χ2v) is 7.76. The Morgan fingerprint density at radius 2 is 2.17 bits per heavy atom. The van der Waals surface area contributed by atoms with Crippen LogP contribution in [0.25, 0.3) is 0 Å². The van der Waals surface area contributed by atoms with Crippen LogP contribution in [0.5, 0.6) is 0 Å². The molecule has 0 bridgehead atoms. The zero-order valence-electron chi connectivity index (χ0n) is 14.9. The van der Waals surface area contributed by atoms with Gasteiger partial charge in [0.15, 0.2) is 5.78 Å². The van der Waals surface area contributed by atoms with Crippen molar-refractivity contribution in [3.05, 3.63) is 23.3 Å². The second kappa shape index (κ2) is 7.02. The van der Waals surface area contributed by atoms with Crippen molar-refractivity contribution in [3.63, 3.8) is 0 Å². The largest absolute Gasteiger partial charge is 0.478 e. The van der Waals surface area contributed by atoms with E-state index >= 15 is 0 Å². The van der Waals surface area contributed by atoms with Gasteiger partial charge < -0.3 is 5.11 Å². The average Bonchev–Trinajstić information content (AvgIpc) is 2.80. The number of carboxylic acid groups (broad SMARTS) is 1. The van der Waals surface area contributed by atoms with Gasteiger partial charge >= 0.3 is 5.97 Å². The monoisotopic (exact) mass is 318 g/mol. The van der Waals surface area contributed by atoms with Crippen molar-refractivity contribution in [1.82, 2.24) is 0 Å². The smallest absolute Gasteiger partial charge is 0.330 e. The molecule has 3 heteroatoms. The summed E-state index contributed by atoms with van der Waals surface area (Å²) >= 11 is 0. The van der Waals surface area contributed by atoms with Gasteiger partial charge in [0.05, 0.1) is 0 Å². The quantitative estimate of drug-likeness (QED) is 0.742. The van der Waals surface area contributed by atoms with Crippen LogP contribution >= 0.6 is 0 Å². The first kappa shape index (κ1) is 18.0. The minimum absolute atomic E-state index is 0.140. The van der Waals surface area contributed by atoms with Gasteiger partial charge in [-0.3, -0.25) is 4.79 Å². The van der Waals surface area contributed by atoms with E-state index in [0.717, 1.165) is 24.8 Å². The Morgan fingerprint density at radius 3 is 2.78 bits per heavy atom. The van der Waals surface area contributed by atoms with Crippen LogP contribution in [0.15, 0.2) is 23.3 Å². The Bertz CT molecular complexity index is 543. The van der Waals surface area contributed by atoms with Crippen LogP contribution in [0, 0.1) is 23.2 Å². The first-order chi connectivity index (χ1) is 10.8. The van der Waals surface area contributed by atoms with E-state index in [-0.39, 0.29) is 5.41 Å². The Kier molecular flexibility index (Phi) is 5.49. The predicted octanol–water partition coefficient (Wildman–Crippen LogP) is 4.78. The SMILES string of the molecule is CC(=CCCC(C)C1CCC(C)C12CC=C(C)C(=O)C2)C(=O)O. The topological polar surface area (TPSA) is 54.4 Å². The fourth-order valence-electron chi connectivity index (χ4n) is 4.70. The highest BCUT2D eigenvalue weighted by Crippen LogP contribution is 2.57. The van der Waals surface area contributed by atoms with E-state index in [1.807, 2.05) is 13.0 Å². The van der Waals surface area contributed by atoms with Gasteiger partial charge in [-0.15, -0.1) is 0 Å². The number of allylic oxidation sites excluding steroid dienone is 3. The van der Waals surface area contributed by atoms with Crippen molar-refractivity contribution >= 4 is 11.8 Å². The highest BCUT2D eigenvalue weighted by molar-refractivity contribution is 5.96. The summed E-state index contributed by atoms with van der Waals surface area (Å²) in [4.78, 5) is 23.2. The molecule has 1 fully saturated rings. The third-order valence-corrected chi connectivity index (χ3v) is 6.45. The molecule has 0 aromatic heterocycles. The average molecular weight is 318 g/mol. The molecule has 0 saturated heterocycles. The van der Waals surface area contributed by atoms with Crippen LogP contribution in [0.2, 0.25) is 0 Å². The van der Waals surface area contributed by atoms with Crippen molar-refractivity contribution in [2.75, 3.05) is 0 Å². The fourth-order valence-corrected chi connectivity index (χ4v) is 4.70. The highest BCUT2D eigenvalue weighted by atomic mass is 16.4. The third-order valence-electron chi connectivity index (χ3n) is 6.45. The van der Waals surface area contributed by atoms with E-state index in [1.54, 1.807) is 6.92 Å². The number of rotatable bonds is 5. The highest BCUT2D eigenvalue weighted by Gasteiger charge is 2.51. The maximum Gasteiger partial charge on any atom is 0.330 e. The van der Waals surface area contributed by atoms with Crippen LogP contribution in [0.3, 0.4) is 0 Å². The van der Waals surface area contributed by atoms with Crippen LogP contribution in [0.1, 0.15) is 66.2 Å². The Balaban J connectivity index is 2.07. The molecule has 2 aliphatic rings. The molecule has 0 amide bonds. The van der Waals surface area contributed by atoms with Gasteiger partial charge in [0.2, 0.25) is 0 Å². The molecule has 1 saturated carbocycles. The summed E-state index contributed by atoms with van der Waals surface area (Å²) in [6.45, 7) is 8.18. The van der Waals surface area contributed by atoms with Crippen LogP contribution in [-0.2, 0) is 9.59 Å². The molecule has 2 rings (SSSR count). The predicted molar refractivity (Wildman–Crippen MR) is 92.1 cm³/mol. The number of hydrogen-bond acceptors (Lipinski definition) is 2. The summed E-state index contributed by atoms with van der Waals surface area (Å²) in [5.41, 5.74) is 1.50. The molecule has 128 valence electrons. The third kappa shape index (κ3) is 3.59. The van der Waals surface area contributed by atoms with Gasteiger partial charge in [-0.05, 0) is 74.7 Å². The Morgan fingerprint density at radius 1 is 1.48 bits per heavy atom. The summed E-state index contributed by atoms with van der Waals surface area (Å²) in [6, 6.07) is 0. The van der Waals surface area contributed by atoms with E-state index in [1.165, 1.54) is 12.8 Å². The molecular weight excluding hydrogens is 288 g/mol. The molecule has 0 aromatic rings. The number of carboxylic acids is 1. The van der Waals surface area contributed by atoms with Crippen molar-refractivity contribution < 1.29 is 14.7 Å². The molecule has 2 aliphatic carbocycles. The summed E-state index contributed by atoms with van der Waals surface area (Å²) in [7, 11) is 0. The molecule has 0 heterocycles. The zero-order chi connectivity index (χ0) is 17.2. The zero-order valence-corrected chi connectivity index (χ0v) is 14.9. The first-order valence-corrected chi connectivity index (χ1v) is 8.88. The number of carbonyl (C=O) groups excluding carboxylic acids is 1. The van der Waals surface area contributed by atoms with Gasteiger partial charge in [0, 0.05) is 12.0 Å². The van der Waals surface area contributed by atoms with E-state index < -0.39 is 5.97 Å². The molecule has 4 atom stereocenters. The number of ketones is 1. The van der Waals surface area contributed by atoms with Crippen LogP contribution in [0.4, 0.5) is 0 Å². The lowest BCUT2D eigenvalue weighted by molar-refractivity contribution is -0.132. The van der Waals surface area contributed by atoms with Crippen molar-refractivity contribution in [2.45, 2.75) is 66.2 Å². The minimum atomic E-state index is -0.831. The Labute approximate surface area is 139 Å². The fraction of sp³-hybridized carbons (Fsp3) is 0.700. The molecule has 1 N–H and O–H groups in total. The maximum absolute atomic E-state index is 12.3. The van der Waals surface area contributed by atoms with E-state index in [9.17, 15) is 9.59 Å². The molecule has 0 aliphatic heterocycles. The Hall–Kier alpha value is -1.38.